The Hall–Kier alpha value is -0.497. The average molecular weight is 373 g/mol. The number of hydrogen-bond acceptors (Lipinski definition) is 1. The van der Waals surface area contributed by atoms with Crippen LogP contribution < -0.4 is 0 Å². The zero-order valence-corrected chi connectivity index (χ0v) is 14.9. The van der Waals surface area contributed by atoms with Crippen molar-refractivity contribution in [2.24, 2.45) is 5.10 Å². The monoisotopic (exact) mass is 371 g/mol. The Morgan fingerprint density at radius 3 is 2.37 bits per heavy atom. The third-order valence-electron chi connectivity index (χ3n) is 2.57. The quantitative estimate of drug-likeness (QED) is 0.543. The fraction of sp³-hybridized carbons (Fsp3) is 0.143. The molecule has 1 aromatic carbocycles. The van der Waals surface area contributed by atoms with Gasteiger partial charge in [0.2, 0.25) is 0 Å². The average Bonchev–Trinajstić information content (AvgIpc) is 2.86. The SMILES string of the molecule is [CH2-]c1c(C)cc(C)cc1/C=N/n1cccc1.[Cl][Zr][Cl]. The third-order valence-corrected chi connectivity index (χ3v) is 2.57. The molecular weight excluding hydrogens is 358 g/mol. The zero-order valence-electron chi connectivity index (χ0n) is 10.9. The summed E-state index contributed by atoms with van der Waals surface area (Å²) in [6.45, 7) is 8.22. The molecule has 2 rings (SSSR count). The molecule has 0 bridgehead atoms. The Labute approximate surface area is 133 Å². The van der Waals surface area contributed by atoms with Gasteiger partial charge in [0.25, 0.3) is 0 Å². The molecule has 1 aromatic heterocycles. The molecule has 0 saturated carbocycles. The van der Waals surface area contributed by atoms with Crippen LogP contribution in [0.4, 0.5) is 0 Å². The topological polar surface area (TPSA) is 17.3 Å². The van der Waals surface area contributed by atoms with Crippen LogP contribution >= 0.6 is 17.0 Å². The van der Waals surface area contributed by atoms with Crippen molar-refractivity contribution < 1.29 is 20.8 Å². The maximum absolute atomic E-state index is 4.93. The van der Waals surface area contributed by atoms with Gasteiger partial charge in [-0.3, -0.25) is 0 Å². The number of nitrogens with zero attached hydrogens (tertiary/aromatic N) is 2. The van der Waals surface area contributed by atoms with Crippen LogP contribution in [0.25, 0.3) is 0 Å². The molecule has 2 aromatic rings. The van der Waals surface area contributed by atoms with E-state index in [2.05, 4.69) is 38.0 Å². The van der Waals surface area contributed by atoms with Gasteiger partial charge in [0.15, 0.2) is 0 Å². The van der Waals surface area contributed by atoms with Gasteiger partial charge in [0.05, 0.1) is 0 Å². The van der Waals surface area contributed by atoms with E-state index in [1.54, 1.807) is 4.68 Å². The van der Waals surface area contributed by atoms with Gasteiger partial charge in [-0.15, -0.1) is 17.7 Å². The molecule has 0 fully saturated rings. The van der Waals surface area contributed by atoms with Crippen LogP contribution in [-0.4, -0.2) is 10.9 Å². The van der Waals surface area contributed by atoms with Crippen molar-refractivity contribution in [2.45, 2.75) is 13.8 Å². The Morgan fingerprint density at radius 2 is 1.79 bits per heavy atom. The summed E-state index contributed by atoms with van der Waals surface area (Å²) in [5.41, 5.74) is 4.56. The molecule has 0 aliphatic rings. The normalized spacial score (nSPS) is 10.1. The molecule has 19 heavy (non-hydrogen) atoms. The van der Waals surface area contributed by atoms with Crippen LogP contribution in [0.3, 0.4) is 0 Å². The molecule has 5 heteroatoms. The summed E-state index contributed by atoms with van der Waals surface area (Å²) in [7, 11) is 9.87. The number of aromatic nitrogens is 1. The van der Waals surface area contributed by atoms with E-state index < -0.39 is 20.8 Å². The second-order valence-electron chi connectivity index (χ2n) is 4.03. The van der Waals surface area contributed by atoms with Gasteiger partial charge in [-0.1, -0.05) is 12.5 Å². The standard InChI is InChI=1S/C14H15N2.2ClH.Zr/c1-11-8-12(2)13(3)14(9-11)10-15-16-6-4-5-7-16;;;/h4-10H,3H2,1-2H3;2*1H;/q-1;;;+2/p-2/b15-10+;;;. The molecule has 0 atom stereocenters. The third kappa shape index (κ3) is 5.56. The van der Waals surface area contributed by atoms with E-state index in [1.165, 1.54) is 11.1 Å². The van der Waals surface area contributed by atoms with E-state index in [0.717, 1.165) is 11.1 Å². The Kier molecular flexibility index (Phi) is 7.52. The molecular formula is C14H15Cl2N2Zr-. The summed E-state index contributed by atoms with van der Waals surface area (Å²) in [4.78, 5) is 0. The van der Waals surface area contributed by atoms with Crippen molar-refractivity contribution in [1.82, 2.24) is 4.68 Å². The van der Waals surface area contributed by atoms with Gasteiger partial charge in [-0.25, -0.2) is 4.68 Å². The summed E-state index contributed by atoms with van der Waals surface area (Å²) >= 11 is -0.826. The van der Waals surface area contributed by atoms with Crippen LogP contribution in [0.2, 0.25) is 0 Å². The number of rotatable bonds is 2. The van der Waals surface area contributed by atoms with Crippen molar-refractivity contribution in [3.63, 3.8) is 0 Å². The summed E-state index contributed by atoms with van der Waals surface area (Å²) in [5, 5.41) is 4.33. The van der Waals surface area contributed by atoms with Crippen molar-refractivity contribution in [3.05, 3.63) is 65.8 Å². The number of aryl methyl sites for hydroxylation is 2. The van der Waals surface area contributed by atoms with Crippen LogP contribution in [-0.2, 0) is 20.8 Å². The van der Waals surface area contributed by atoms with E-state index in [4.69, 9.17) is 17.0 Å². The van der Waals surface area contributed by atoms with Gasteiger partial charge in [-0.05, 0) is 19.1 Å². The van der Waals surface area contributed by atoms with Gasteiger partial charge >= 0.3 is 37.9 Å². The summed E-state index contributed by atoms with van der Waals surface area (Å²) in [6, 6.07) is 8.13. The maximum atomic E-state index is 4.93. The Bertz CT molecular complexity index is 537. The first-order valence-corrected chi connectivity index (χ1v) is 12.0. The first-order chi connectivity index (χ1) is 9.08. The fourth-order valence-corrected chi connectivity index (χ4v) is 1.68. The van der Waals surface area contributed by atoms with Gasteiger partial charge in [0.1, 0.15) is 0 Å². The number of hydrogen-bond donors (Lipinski definition) is 0. The Morgan fingerprint density at radius 1 is 1.21 bits per heavy atom. The first kappa shape index (κ1) is 16.6. The van der Waals surface area contributed by atoms with E-state index in [1.807, 2.05) is 30.7 Å². The summed E-state index contributed by atoms with van der Waals surface area (Å²) in [5.74, 6) is 0. The molecule has 1 heterocycles. The minimum atomic E-state index is -0.826. The van der Waals surface area contributed by atoms with Crippen molar-refractivity contribution in [2.75, 3.05) is 0 Å². The molecule has 0 N–H and O–H groups in total. The second kappa shape index (κ2) is 8.63. The second-order valence-corrected chi connectivity index (χ2v) is 7.76. The molecule has 0 aliphatic carbocycles. The van der Waals surface area contributed by atoms with E-state index in [-0.39, 0.29) is 0 Å². The minimum absolute atomic E-state index is 0.826. The first-order valence-electron chi connectivity index (χ1n) is 5.65. The van der Waals surface area contributed by atoms with Crippen LogP contribution in [0.1, 0.15) is 22.3 Å². The van der Waals surface area contributed by atoms with Crippen molar-refractivity contribution >= 4 is 23.2 Å². The molecule has 0 unspecified atom stereocenters. The molecule has 0 aliphatic heterocycles. The van der Waals surface area contributed by atoms with E-state index in [9.17, 15) is 0 Å². The van der Waals surface area contributed by atoms with E-state index >= 15 is 0 Å². The number of halogens is 2. The molecule has 0 radical (unpaired) electrons. The molecule has 0 spiro atoms. The number of benzene rings is 1. The van der Waals surface area contributed by atoms with Gasteiger partial charge in [-0.2, -0.15) is 23.2 Å². The summed E-state index contributed by atoms with van der Waals surface area (Å²) in [6.07, 6.45) is 5.66. The zero-order chi connectivity index (χ0) is 14.3. The van der Waals surface area contributed by atoms with Crippen LogP contribution in [0.5, 0.6) is 0 Å². The van der Waals surface area contributed by atoms with Crippen LogP contribution in [0, 0.1) is 20.8 Å². The van der Waals surface area contributed by atoms with Gasteiger partial charge in [0, 0.05) is 18.6 Å². The molecule has 100 valence electrons. The summed E-state index contributed by atoms with van der Waals surface area (Å²) < 4.78 is 1.77. The van der Waals surface area contributed by atoms with Crippen molar-refractivity contribution in [3.8, 4) is 0 Å². The molecule has 0 saturated heterocycles. The molecule has 2 nitrogen and oxygen atoms in total. The molecule has 0 amide bonds. The van der Waals surface area contributed by atoms with E-state index in [0.29, 0.717) is 0 Å². The van der Waals surface area contributed by atoms with Crippen LogP contribution in [0.15, 0.2) is 41.8 Å². The predicted molar refractivity (Wildman–Crippen MR) is 79.5 cm³/mol. The Balaban J connectivity index is 0.000000550. The fourth-order valence-electron chi connectivity index (χ4n) is 1.68. The predicted octanol–water partition coefficient (Wildman–Crippen LogP) is 4.55. The van der Waals surface area contributed by atoms with Gasteiger partial charge < -0.3 is 0 Å². The van der Waals surface area contributed by atoms with Crippen molar-refractivity contribution in [1.29, 1.82) is 0 Å².